The van der Waals surface area contributed by atoms with Crippen LogP contribution in [0.4, 0.5) is 17.5 Å². The minimum Gasteiger partial charge on any atom is -0.383 e. The molecule has 0 amide bonds. The molecule has 6 heteroatoms. The number of halogens is 1. The number of fused-ring (bicyclic) bond motifs is 1. The minimum atomic E-state index is 0.497. The van der Waals surface area contributed by atoms with Gasteiger partial charge >= 0.3 is 0 Å². The van der Waals surface area contributed by atoms with Crippen LogP contribution in [-0.2, 0) is 12.8 Å². The summed E-state index contributed by atoms with van der Waals surface area (Å²) >= 11 is 6.12. The fraction of sp³-hybridized carbons (Fsp3) is 0.286. The summed E-state index contributed by atoms with van der Waals surface area (Å²) in [6.07, 6.45) is 1.73. The molecule has 0 radical (unpaired) electrons. The number of anilines is 3. The van der Waals surface area contributed by atoms with E-state index in [0.717, 1.165) is 42.9 Å². The number of rotatable bonds is 2. The molecule has 0 spiro atoms. The van der Waals surface area contributed by atoms with Crippen LogP contribution in [-0.4, -0.2) is 23.1 Å². The fourth-order valence-electron chi connectivity index (χ4n) is 2.31. The lowest BCUT2D eigenvalue weighted by Gasteiger charge is -2.12. The Morgan fingerprint density at radius 1 is 1.15 bits per heavy atom. The number of hydrogen-bond acceptors (Lipinski definition) is 5. The van der Waals surface area contributed by atoms with Gasteiger partial charge in [0.25, 0.3) is 0 Å². The van der Waals surface area contributed by atoms with Gasteiger partial charge in [-0.3, -0.25) is 0 Å². The Balaban J connectivity index is 1.93. The summed E-state index contributed by atoms with van der Waals surface area (Å²) in [7, 11) is 0. The van der Waals surface area contributed by atoms with Crippen molar-refractivity contribution in [1.82, 2.24) is 15.3 Å². The van der Waals surface area contributed by atoms with E-state index in [0.29, 0.717) is 16.8 Å². The highest BCUT2D eigenvalue weighted by Gasteiger charge is 2.15. The SMILES string of the molecule is Nc1nc(Nc2ccccc2Cl)nc2c1CCNCC2. The van der Waals surface area contributed by atoms with Gasteiger partial charge in [-0.2, -0.15) is 4.98 Å². The Hall–Kier alpha value is -1.85. The molecule has 104 valence electrons. The van der Waals surface area contributed by atoms with E-state index in [9.17, 15) is 0 Å². The van der Waals surface area contributed by atoms with E-state index in [1.165, 1.54) is 0 Å². The lowest BCUT2D eigenvalue weighted by Crippen LogP contribution is -2.16. The van der Waals surface area contributed by atoms with Crippen LogP contribution in [0.2, 0.25) is 5.02 Å². The first kappa shape index (κ1) is 13.1. The van der Waals surface area contributed by atoms with Crippen LogP contribution in [0.3, 0.4) is 0 Å². The first-order chi connectivity index (χ1) is 9.74. The van der Waals surface area contributed by atoms with Crippen LogP contribution < -0.4 is 16.4 Å². The van der Waals surface area contributed by atoms with E-state index >= 15 is 0 Å². The number of benzene rings is 1. The van der Waals surface area contributed by atoms with Crippen molar-refractivity contribution in [1.29, 1.82) is 0 Å². The summed E-state index contributed by atoms with van der Waals surface area (Å²) in [6.45, 7) is 1.83. The van der Waals surface area contributed by atoms with E-state index < -0.39 is 0 Å². The zero-order chi connectivity index (χ0) is 13.9. The molecule has 0 saturated carbocycles. The number of para-hydroxylation sites is 1. The molecule has 4 N–H and O–H groups in total. The van der Waals surface area contributed by atoms with Gasteiger partial charge in [-0.25, -0.2) is 4.98 Å². The Labute approximate surface area is 122 Å². The van der Waals surface area contributed by atoms with Crippen LogP contribution in [0.1, 0.15) is 11.3 Å². The number of nitrogens with zero attached hydrogens (tertiary/aromatic N) is 2. The second kappa shape index (κ2) is 5.64. The lowest BCUT2D eigenvalue weighted by molar-refractivity contribution is 0.708. The van der Waals surface area contributed by atoms with Gasteiger partial charge in [0.2, 0.25) is 5.95 Å². The Morgan fingerprint density at radius 3 is 2.80 bits per heavy atom. The first-order valence-electron chi connectivity index (χ1n) is 6.61. The second-order valence-corrected chi connectivity index (χ2v) is 5.12. The van der Waals surface area contributed by atoms with Gasteiger partial charge in [0.05, 0.1) is 16.4 Å². The van der Waals surface area contributed by atoms with Crippen LogP contribution in [0, 0.1) is 0 Å². The zero-order valence-corrected chi connectivity index (χ0v) is 11.7. The summed E-state index contributed by atoms with van der Waals surface area (Å²) in [4.78, 5) is 8.90. The molecule has 1 aromatic carbocycles. The molecule has 0 unspecified atom stereocenters. The average molecular weight is 290 g/mol. The van der Waals surface area contributed by atoms with Crippen molar-refractivity contribution in [2.45, 2.75) is 12.8 Å². The summed E-state index contributed by atoms with van der Waals surface area (Å²) in [6, 6.07) is 7.49. The Morgan fingerprint density at radius 2 is 1.95 bits per heavy atom. The highest BCUT2D eigenvalue weighted by atomic mass is 35.5. The summed E-state index contributed by atoms with van der Waals surface area (Å²) in [5.74, 6) is 1.05. The molecule has 5 nitrogen and oxygen atoms in total. The number of hydrogen-bond donors (Lipinski definition) is 3. The molecule has 1 aliphatic heterocycles. The largest absolute Gasteiger partial charge is 0.383 e. The molecule has 0 fully saturated rings. The summed E-state index contributed by atoms with van der Waals surface area (Å²) in [5, 5.41) is 7.09. The summed E-state index contributed by atoms with van der Waals surface area (Å²) < 4.78 is 0. The molecule has 20 heavy (non-hydrogen) atoms. The molecule has 1 aromatic heterocycles. The van der Waals surface area contributed by atoms with E-state index in [1.54, 1.807) is 0 Å². The van der Waals surface area contributed by atoms with E-state index in [2.05, 4.69) is 20.6 Å². The topological polar surface area (TPSA) is 75.9 Å². The highest BCUT2D eigenvalue weighted by molar-refractivity contribution is 6.33. The van der Waals surface area contributed by atoms with Crippen molar-refractivity contribution in [2.24, 2.45) is 0 Å². The number of nitrogens with one attached hydrogen (secondary N) is 2. The molecule has 0 saturated heterocycles. The van der Waals surface area contributed by atoms with Gasteiger partial charge in [0.15, 0.2) is 0 Å². The van der Waals surface area contributed by atoms with Crippen molar-refractivity contribution in [3.8, 4) is 0 Å². The second-order valence-electron chi connectivity index (χ2n) is 4.71. The first-order valence-corrected chi connectivity index (χ1v) is 6.99. The van der Waals surface area contributed by atoms with Crippen LogP contribution in [0.25, 0.3) is 0 Å². The molecule has 1 aliphatic rings. The molecular formula is C14H16ClN5. The van der Waals surface area contributed by atoms with Gasteiger partial charge in [-0.1, -0.05) is 23.7 Å². The van der Waals surface area contributed by atoms with Gasteiger partial charge in [0, 0.05) is 18.5 Å². The van der Waals surface area contributed by atoms with Gasteiger partial charge < -0.3 is 16.4 Å². The standard InChI is InChI=1S/C14H16ClN5/c15-10-3-1-2-4-12(10)19-14-18-11-6-8-17-7-5-9(11)13(16)20-14/h1-4,17H,5-8H2,(H3,16,18,19,20). The maximum atomic E-state index is 6.12. The fourth-order valence-corrected chi connectivity index (χ4v) is 2.50. The predicted octanol–water partition coefficient (Wildman–Crippen LogP) is 2.14. The predicted molar refractivity (Wildman–Crippen MR) is 81.5 cm³/mol. The molecule has 2 heterocycles. The molecule has 0 aliphatic carbocycles. The molecule has 0 bridgehead atoms. The maximum Gasteiger partial charge on any atom is 0.229 e. The van der Waals surface area contributed by atoms with Gasteiger partial charge in [0.1, 0.15) is 5.82 Å². The third-order valence-electron chi connectivity index (χ3n) is 3.34. The quantitative estimate of drug-likeness (QED) is 0.790. The van der Waals surface area contributed by atoms with Crippen molar-refractivity contribution >= 4 is 29.1 Å². The molecule has 0 atom stereocenters. The zero-order valence-electron chi connectivity index (χ0n) is 11.0. The van der Waals surface area contributed by atoms with Crippen molar-refractivity contribution in [3.05, 3.63) is 40.5 Å². The number of aromatic nitrogens is 2. The van der Waals surface area contributed by atoms with Crippen molar-refractivity contribution in [3.63, 3.8) is 0 Å². The van der Waals surface area contributed by atoms with Crippen molar-refractivity contribution in [2.75, 3.05) is 24.1 Å². The number of nitrogens with two attached hydrogens (primary N) is 1. The Bertz CT molecular complexity index is 629. The average Bonchev–Trinajstić information content (AvgIpc) is 2.67. The van der Waals surface area contributed by atoms with Crippen molar-refractivity contribution < 1.29 is 0 Å². The Kier molecular flexibility index (Phi) is 3.71. The maximum absolute atomic E-state index is 6.12. The molecular weight excluding hydrogens is 274 g/mol. The van der Waals surface area contributed by atoms with Crippen LogP contribution >= 0.6 is 11.6 Å². The van der Waals surface area contributed by atoms with Crippen LogP contribution in [0.15, 0.2) is 24.3 Å². The normalized spacial score (nSPS) is 14.4. The lowest BCUT2D eigenvalue weighted by atomic mass is 10.1. The minimum absolute atomic E-state index is 0.497. The van der Waals surface area contributed by atoms with E-state index in [1.807, 2.05) is 24.3 Å². The van der Waals surface area contributed by atoms with Gasteiger partial charge in [-0.05, 0) is 25.1 Å². The third-order valence-corrected chi connectivity index (χ3v) is 3.67. The van der Waals surface area contributed by atoms with E-state index in [4.69, 9.17) is 17.3 Å². The smallest absolute Gasteiger partial charge is 0.229 e. The molecule has 2 aromatic rings. The summed E-state index contributed by atoms with van der Waals surface area (Å²) in [5.41, 5.74) is 8.90. The number of nitrogen functional groups attached to an aromatic ring is 1. The third kappa shape index (κ3) is 2.69. The molecule has 3 rings (SSSR count). The van der Waals surface area contributed by atoms with Crippen LogP contribution in [0.5, 0.6) is 0 Å². The highest BCUT2D eigenvalue weighted by Crippen LogP contribution is 2.25. The monoisotopic (exact) mass is 289 g/mol. The van der Waals surface area contributed by atoms with Gasteiger partial charge in [-0.15, -0.1) is 0 Å². The van der Waals surface area contributed by atoms with E-state index in [-0.39, 0.29) is 0 Å².